The van der Waals surface area contributed by atoms with Gasteiger partial charge in [0.2, 0.25) is 0 Å². The van der Waals surface area contributed by atoms with Crippen LogP contribution in [0.2, 0.25) is 5.02 Å². The third-order valence-corrected chi connectivity index (χ3v) is 3.97. The minimum absolute atomic E-state index is 0.00998. The van der Waals surface area contributed by atoms with Gasteiger partial charge in [0.25, 0.3) is 0 Å². The van der Waals surface area contributed by atoms with E-state index in [9.17, 15) is 14.7 Å². The Bertz CT molecular complexity index is 881. The van der Waals surface area contributed by atoms with Gasteiger partial charge in [-0.25, -0.2) is 5.43 Å². The standard InChI is InChI=1S/C18H18ClN3O4/c1-10-4-6-13(9-14(10)19)20-17(24)18(25)22-21-11(2)12-5-7-15(23)16(8-12)26-3/h4-9,23H,1-3H3,(H,20,24)(H,22,25)/b21-11+. The summed E-state index contributed by atoms with van der Waals surface area (Å²) < 4.78 is 5.02. The first-order valence-corrected chi connectivity index (χ1v) is 7.98. The van der Waals surface area contributed by atoms with Crippen LogP contribution in [0.4, 0.5) is 5.69 Å². The molecule has 0 fully saturated rings. The summed E-state index contributed by atoms with van der Waals surface area (Å²) in [7, 11) is 1.43. The maximum atomic E-state index is 11.9. The number of nitrogens with one attached hydrogen (secondary N) is 2. The van der Waals surface area contributed by atoms with E-state index in [1.165, 1.54) is 13.2 Å². The van der Waals surface area contributed by atoms with Crippen LogP contribution in [0.3, 0.4) is 0 Å². The average Bonchev–Trinajstić information content (AvgIpc) is 2.62. The Hall–Kier alpha value is -3.06. The second-order valence-electron chi connectivity index (χ2n) is 5.44. The Morgan fingerprint density at radius 2 is 1.88 bits per heavy atom. The van der Waals surface area contributed by atoms with Crippen LogP contribution in [0, 0.1) is 6.92 Å². The molecule has 2 aromatic rings. The number of phenols is 1. The van der Waals surface area contributed by atoms with Crippen molar-refractivity contribution in [2.24, 2.45) is 5.10 Å². The number of rotatable bonds is 4. The van der Waals surface area contributed by atoms with Gasteiger partial charge in [0, 0.05) is 16.3 Å². The van der Waals surface area contributed by atoms with Crippen molar-refractivity contribution in [3.63, 3.8) is 0 Å². The summed E-state index contributed by atoms with van der Waals surface area (Å²) in [6.07, 6.45) is 0. The van der Waals surface area contributed by atoms with E-state index in [2.05, 4.69) is 15.8 Å². The van der Waals surface area contributed by atoms with E-state index < -0.39 is 11.8 Å². The van der Waals surface area contributed by atoms with Gasteiger partial charge in [0.15, 0.2) is 11.5 Å². The molecule has 0 aliphatic rings. The lowest BCUT2D eigenvalue weighted by Gasteiger charge is -2.08. The molecule has 0 saturated heterocycles. The summed E-state index contributed by atoms with van der Waals surface area (Å²) in [4.78, 5) is 23.8. The number of halogens is 1. The first-order chi connectivity index (χ1) is 12.3. The predicted octanol–water partition coefficient (Wildman–Crippen LogP) is 2.84. The van der Waals surface area contributed by atoms with Crippen molar-refractivity contribution in [1.29, 1.82) is 0 Å². The number of hydrogen-bond acceptors (Lipinski definition) is 5. The molecule has 7 nitrogen and oxygen atoms in total. The predicted molar refractivity (Wildman–Crippen MR) is 99.8 cm³/mol. The third-order valence-electron chi connectivity index (χ3n) is 3.56. The highest BCUT2D eigenvalue weighted by Gasteiger charge is 2.14. The van der Waals surface area contributed by atoms with Gasteiger partial charge in [-0.2, -0.15) is 5.10 Å². The largest absolute Gasteiger partial charge is 0.504 e. The van der Waals surface area contributed by atoms with Crippen molar-refractivity contribution in [1.82, 2.24) is 5.43 Å². The van der Waals surface area contributed by atoms with Crippen LogP contribution in [0.5, 0.6) is 11.5 Å². The second-order valence-corrected chi connectivity index (χ2v) is 5.85. The molecule has 0 spiro atoms. The van der Waals surface area contributed by atoms with E-state index in [0.29, 0.717) is 22.0 Å². The topological polar surface area (TPSA) is 100 Å². The Labute approximate surface area is 155 Å². The number of ether oxygens (including phenoxy) is 1. The smallest absolute Gasteiger partial charge is 0.329 e. The van der Waals surface area contributed by atoms with Gasteiger partial charge in [-0.05, 0) is 49.7 Å². The molecule has 0 bridgehead atoms. The molecule has 2 amide bonds. The van der Waals surface area contributed by atoms with E-state index in [4.69, 9.17) is 16.3 Å². The zero-order valence-corrected chi connectivity index (χ0v) is 15.2. The summed E-state index contributed by atoms with van der Waals surface area (Å²) in [6.45, 7) is 3.47. The lowest BCUT2D eigenvalue weighted by molar-refractivity contribution is -0.136. The van der Waals surface area contributed by atoms with Gasteiger partial charge in [-0.3, -0.25) is 9.59 Å². The van der Waals surface area contributed by atoms with Gasteiger partial charge < -0.3 is 15.2 Å². The molecule has 8 heteroatoms. The molecule has 0 atom stereocenters. The molecular weight excluding hydrogens is 358 g/mol. The molecule has 0 aliphatic carbocycles. The number of amides is 2. The number of hydrazone groups is 1. The lowest BCUT2D eigenvalue weighted by Crippen LogP contribution is -2.32. The van der Waals surface area contributed by atoms with Gasteiger partial charge in [-0.15, -0.1) is 0 Å². The SMILES string of the molecule is COc1cc(/C(C)=N/NC(=O)C(=O)Nc2ccc(C)c(Cl)c2)ccc1O. The maximum absolute atomic E-state index is 11.9. The van der Waals surface area contributed by atoms with E-state index in [1.807, 2.05) is 6.92 Å². The Balaban J connectivity index is 2.03. The number of anilines is 1. The number of hydrogen-bond donors (Lipinski definition) is 3. The van der Waals surface area contributed by atoms with Crippen LogP contribution in [0.15, 0.2) is 41.5 Å². The number of carbonyl (C=O) groups excluding carboxylic acids is 2. The summed E-state index contributed by atoms with van der Waals surface area (Å²) in [6, 6.07) is 9.55. The van der Waals surface area contributed by atoms with Crippen molar-refractivity contribution >= 4 is 34.8 Å². The molecule has 0 saturated carbocycles. The number of benzene rings is 2. The Morgan fingerprint density at radius 3 is 2.54 bits per heavy atom. The molecule has 0 aromatic heterocycles. The normalized spacial score (nSPS) is 11.0. The first-order valence-electron chi connectivity index (χ1n) is 7.61. The zero-order chi connectivity index (χ0) is 19.3. The molecule has 0 radical (unpaired) electrons. The molecule has 3 N–H and O–H groups in total. The van der Waals surface area contributed by atoms with Crippen LogP contribution in [0.25, 0.3) is 0 Å². The van der Waals surface area contributed by atoms with Gasteiger partial charge in [0.05, 0.1) is 12.8 Å². The van der Waals surface area contributed by atoms with Gasteiger partial charge in [-0.1, -0.05) is 17.7 Å². The van der Waals surface area contributed by atoms with E-state index in [0.717, 1.165) is 5.56 Å². The highest BCUT2D eigenvalue weighted by Crippen LogP contribution is 2.26. The fourth-order valence-electron chi connectivity index (χ4n) is 2.01. The number of phenolic OH excluding ortho intramolecular Hbond substituents is 1. The molecule has 0 aliphatic heterocycles. The van der Waals surface area contributed by atoms with Crippen molar-refractivity contribution in [3.05, 3.63) is 52.5 Å². The Kier molecular flexibility index (Phi) is 6.19. The number of aromatic hydroxyl groups is 1. The zero-order valence-electron chi connectivity index (χ0n) is 14.5. The molecular formula is C18H18ClN3O4. The summed E-state index contributed by atoms with van der Waals surface area (Å²) in [5.41, 5.74) is 4.50. The summed E-state index contributed by atoms with van der Waals surface area (Å²) in [5, 5.41) is 16.4. The fraction of sp³-hybridized carbons (Fsp3) is 0.167. The van der Waals surface area contributed by atoms with Crippen molar-refractivity contribution < 1.29 is 19.4 Å². The number of nitrogens with zero attached hydrogens (tertiary/aromatic N) is 1. The average molecular weight is 376 g/mol. The second kappa shape index (κ2) is 8.35. The monoisotopic (exact) mass is 375 g/mol. The third kappa shape index (κ3) is 4.73. The van der Waals surface area contributed by atoms with Crippen LogP contribution < -0.4 is 15.5 Å². The number of methoxy groups -OCH3 is 1. The Morgan fingerprint density at radius 1 is 1.15 bits per heavy atom. The molecule has 26 heavy (non-hydrogen) atoms. The minimum atomic E-state index is -0.924. The molecule has 136 valence electrons. The molecule has 0 heterocycles. The maximum Gasteiger partial charge on any atom is 0.329 e. The van der Waals surface area contributed by atoms with Crippen LogP contribution >= 0.6 is 11.6 Å². The van der Waals surface area contributed by atoms with E-state index in [-0.39, 0.29) is 11.5 Å². The summed E-state index contributed by atoms with van der Waals surface area (Å²) >= 11 is 5.98. The number of aryl methyl sites for hydroxylation is 1. The number of carbonyl (C=O) groups is 2. The highest BCUT2D eigenvalue weighted by molar-refractivity contribution is 6.40. The molecule has 2 aromatic carbocycles. The quantitative estimate of drug-likeness (QED) is 0.434. The van der Waals surface area contributed by atoms with E-state index in [1.54, 1.807) is 37.3 Å². The van der Waals surface area contributed by atoms with E-state index >= 15 is 0 Å². The van der Waals surface area contributed by atoms with Crippen molar-refractivity contribution in [2.45, 2.75) is 13.8 Å². The summed E-state index contributed by atoms with van der Waals surface area (Å²) in [5.74, 6) is -1.53. The fourth-order valence-corrected chi connectivity index (χ4v) is 2.19. The van der Waals surface area contributed by atoms with Crippen LogP contribution in [0.1, 0.15) is 18.1 Å². The van der Waals surface area contributed by atoms with Crippen molar-refractivity contribution in [2.75, 3.05) is 12.4 Å². The van der Waals surface area contributed by atoms with Gasteiger partial charge in [0.1, 0.15) is 0 Å². The lowest BCUT2D eigenvalue weighted by atomic mass is 10.1. The van der Waals surface area contributed by atoms with Crippen LogP contribution in [-0.2, 0) is 9.59 Å². The molecule has 0 unspecified atom stereocenters. The molecule has 2 rings (SSSR count). The van der Waals surface area contributed by atoms with Crippen molar-refractivity contribution in [3.8, 4) is 11.5 Å². The van der Waals surface area contributed by atoms with Gasteiger partial charge >= 0.3 is 11.8 Å². The highest BCUT2D eigenvalue weighted by atomic mass is 35.5. The van der Waals surface area contributed by atoms with Crippen LogP contribution in [-0.4, -0.2) is 29.7 Å². The minimum Gasteiger partial charge on any atom is -0.504 e. The first kappa shape index (κ1) is 19.3.